The summed E-state index contributed by atoms with van der Waals surface area (Å²) in [5, 5.41) is 6.31. The predicted octanol–water partition coefficient (Wildman–Crippen LogP) is 1.52. The molecule has 1 amide bonds. The van der Waals surface area contributed by atoms with Crippen LogP contribution < -0.4 is 5.32 Å². The molecule has 2 aromatic heterocycles. The molecule has 1 unspecified atom stereocenters. The van der Waals surface area contributed by atoms with Gasteiger partial charge in [-0.05, 0) is 6.92 Å². The zero-order chi connectivity index (χ0) is 15.6. The van der Waals surface area contributed by atoms with Crippen LogP contribution in [0.2, 0.25) is 0 Å². The Morgan fingerprint density at radius 1 is 1.48 bits per heavy atom. The average molecular weight is 319 g/mol. The van der Waals surface area contributed by atoms with Gasteiger partial charge in [-0.2, -0.15) is 18.3 Å². The Morgan fingerprint density at radius 3 is 2.86 bits per heavy atom. The van der Waals surface area contributed by atoms with Gasteiger partial charge in [-0.15, -0.1) is 0 Å². The number of aryl methyl sites for hydroxylation is 1. The Balaban J connectivity index is 2.07. The number of aromatic nitrogens is 4. The first-order valence-electron chi connectivity index (χ1n) is 5.92. The Bertz CT molecular complexity index is 657. The molecule has 0 aliphatic rings. The number of nitrogens with zero attached hydrogens (tertiary/aromatic N) is 4. The van der Waals surface area contributed by atoms with Gasteiger partial charge in [0.2, 0.25) is 5.91 Å². The van der Waals surface area contributed by atoms with Gasteiger partial charge in [0, 0.05) is 7.05 Å². The molecule has 0 radical (unpaired) electrons. The van der Waals surface area contributed by atoms with Gasteiger partial charge in [0.1, 0.15) is 17.9 Å². The first-order valence-corrected chi connectivity index (χ1v) is 6.79. The third kappa shape index (κ3) is 3.84. The third-order valence-electron chi connectivity index (χ3n) is 2.61. The summed E-state index contributed by atoms with van der Waals surface area (Å²) >= 11 is 1.06. The molecule has 114 valence electrons. The van der Waals surface area contributed by atoms with Crippen LogP contribution >= 0.6 is 11.8 Å². The lowest BCUT2D eigenvalue weighted by molar-refractivity contribution is -0.137. The van der Waals surface area contributed by atoms with Crippen molar-refractivity contribution in [2.24, 2.45) is 7.05 Å². The second kappa shape index (κ2) is 5.88. The van der Waals surface area contributed by atoms with E-state index in [1.807, 2.05) is 5.32 Å². The number of halogens is 3. The molecule has 21 heavy (non-hydrogen) atoms. The van der Waals surface area contributed by atoms with Crippen LogP contribution in [0.1, 0.15) is 6.92 Å². The van der Waals surface area contributed by atoms with Crippen LogP contribution in [0.4, 0.5) is 13.2 Å². The first kappa shape index (κ1) is 15.5. The van der Waals surface area contributed by atoms with Gasteiger partial charge in [0.15, 0.2) is 5.65 Å². The summed E-state index contributed by atoms with van der Waals surface area (Å²) in [5.74, 6) is -0.701. The first-order chi connectivity index (χ1) is 9.78. The molecule has 6 nitrogen and oxygen atoms in total. The van der Waals surface area contributed by atoms with Gasteiger partial charge in [-0.1, -0.05) is 11.8 Å². The molecule has 0 aliphatic heterocycles. The van der Waals surface area contributed by atoms with Gasteiger partial charge >= 0.3 is 6.18 Å². The maximum atomic E-state index is 12.1. The van der Waals surface area contributed by atoms with Gasteiger partial charge in [0.05, 0.1) is 16.8 Å². The molecule has 1 N–H and O–H groups in total. The van der Waals surface area contributed by atoms with Crippen LogP contribution in [-0.2, 0) is 11.8 Å². The zero-order valence-corrected chi connectivity index (χ0v) is 12.0. The molecule has 0 bridgehead atoms. The van der Waals surface area contributed by atoms with E-state index >= 15 is 0 Å². The predicted molar refractivity (Wildman–Crippen MR) is 70.7 cm³/mol. The van der Waals surface area contributed by atoms with E-state index in [-0.39, 0.29) is 0 Å². The van der Waals surface area contributed by atoms with Crippen LogP contribution in [0, 0.1) is 0 Å². The molecule has 1 atom stereocenters. The normalized spacial score (nSPS) is 13.4. The Kier molecular flexibility index (Phi) is 4.35. The largest absolute Gasteiger partial charge is 0.405 e. The number of fused-ring (bicyclic) bond motifs is 1. The monoisotopic (exact) mass is 319 g/mol. The van der Waals surface area contributed by atoms with Crippen LogP contribution in [0.25, 0.3) is 11.0 Å². The Labute approximate surface area is 122 Å². The van der Waals surface area contributed by atoms with E-state index in [1.165, 1.54) is 13.3 Å². The van der Waals surface area contributed by atoms with Gasteiger partial charge in [-0.3, -0.25) is 9.48 Å². The van der Waals surface area contributed by atoms with E-state index in [1.54, 1.807) is 17.9 Å². The molecule has 0 fully saturated rings. The van der Waals surface area contributed by atoms with Gasteiger partial charge < -0.3 is 5.32 Å². The lowest BCUT2D eigenvalue weighted by Crippen LogP contribution is -2.38. The highest BCUT2D eigenvalue weighted by Gasteiger charge is 2.29. The summed E-state index contributed by atoms with van der Waals surface area (Å²) in [5.41, 5.74) is 0.593. The SMILES string of the molecule is CC(Sc1ncnc2c1cnn2C)C(=O)NCC(F)(F)F. The lowest BCUT2D eigenvalue weighted by Gasteiger charge is -2.13. The topological polar surface area (TPSA) is 72.7 Å². The van der Waals surface area contributed by atoms with E-state index in [0.717, 1.165) is 11.8 Å². The molecule has 0 spiro atoms. The molecule has 2 rings (SSSR count). The van der Waals surface area contributed by atoms with E-state index in [4.69, 9.17) is 0 Å². The summed E-state index contributed by atoms with van der Waals surface area (Å²) in [6, 6.07) is 0. The van der Waals surface area contributed by atoms with E-state index in [2.05, 4.69) is 15.1 Å². The number of carbonyl (C=O) groups excluding carboxylic acids is 1. The van der Waals surface area contributed by atoms with Crippen molar-refractivity contribution in [2.75, 3.05) is 6.54 Å². The van der Waals surface area contributed by atoms with Crippen molar-refractivity contribution in [1.82, 2.24) is 25.1 Å². The number of thioether (sulfide) groups is 1. The summed E-state index contributed by atoms with van der Waals surface area (Å²) in [6.45, 7) is 0.170. The minimum Gasteiger partial charge on any atom is -0.346 e. The zero-order valence-electron chi connectivity index (χ0n) is 11.2. The smallest absolute Gasteiger partial charge is 0.346 e. The molecule has 0 saturated heterocycles. The number of carbonyl (C=O) groups is 1. The van der Waals surface area contributed by atoms with Crippen LogP contribution in [0.15, 0.2) is 17.6 Å². The summed E-state index contributed by atoms with van der Waals surface area (Å²) < 4.78 is 37.7. The van der Waals surface area contributed by atoms with Crippen molar-refractivity contribution < 1.29 is 18.0 Å². The van der Waals surface area contributed by atoms with Crippen LogP contribution in [0.3, 0.4) is 0 Å². The molecular formula is C11H12F3N5OS. The summed E-state index contributed by atoms with van der Waals surface area (Å²) in [7, 11) is 1.71. The van der Waals surface area contributed by atoms with Gasteiger partial charge in [-0.25, -0.2) is 9.97 Å². The second-order valence-electron chi connectivity index (χ2n) is 4.28. The number of alkyl halides is 3. The molecule has 10 heteroatoms. The fourth-order valence-corrected chi connectivity index (χ4v) is 2.49. The van der Waals surface area contributed by atoms with Crippen LogP contribution in [0.5, 0.6) is 0 Å². The van der Waals surface area contributed by atoms with Crippen molar-refractivity contribution in [3.8, 4) is 0 Å². The average Bonchev–Trinajstić information content (AvgIpc) is 2.78. The fourth-order valence-electron chi connectivity index (χ4n) is 1.59. The summed E-state index contributed by atoms with van der Waals surface area (Å²) in [6.07, 6.45) is -1.55. The molecule has 2 heterocycles. The highest BCUT2D eigenvalue weighted by molar-refractivity contribution is 8.00. The number of hydrogen-bond acceptors (Lipinski definition) is 5. The summed E-state index contributed by atoms with van der Waals surface area (Å²) in [4.78, 5) is 19.7. The second-order valence-corrected chi connectivity index (χ2v) is 5.61. The molecular weight excluding hydrogens is 307 g/mol. The number of nitrogens with one attached hydrogen (secondary N) is 1. The molecule has 2 aromatic rings. The van der Waals surface area contributed by atoms with Crippen molar-refractivity contribution in [2.45, 2.75) is 23.4 Å². The van der Waals surface area contributed by atoms with Crippen molar-refractivity contribution >= 4 is 28.7 Å². The molecule has 0 saturated carbocycles. The van der Waals surface area contributed by atoms with E-state index in [9.17, 15) is 18.0 Å². The fraction of sp³-hybridized carbons (Fsp3) is 0.455. The van der Waals surface area contributed by atoms with E-state index < -0.39 is 23.9 Å². The highest BCUT2D eigenvalue weighted by atomic mass is 32.2. The van der Waals surface area contributed by atoms with Gasteiger partial charge in [0.25, 0.3) is 0 Å². The van der Waals surface area contributed by atoms with E-state index in [0.29, 0.717) is 16.1 Å². The number of hydrogen-bond donors (Lipinski definition) is 1. The Morgan fingerprint density at radius 2 is 2.19 bits per heavy atom. The van der Waals surface area contributed by atoms with Crippen molar-refractivity contribution in [3.05, 3.63) is 12.5 Å². The third-order valence-corrected chi connectivity index (χ3v) is 3.73. The molecule has 0 aromatic carbocycles. The van der Waals surface area contributed by atoms with Crippen molar-refractivity contribution in [1.29, 1.82) is 0 Å². The Hall–Kier alpha value is -1.84. The number of rotatable bonds is 4. The molecule has 0 aliphatic carbocycles. The maximum absolute atomic E-state index is 12.1. The van der Waals surface area contributed by atoms with Crippen molar-refractivity contribution in [3.63, 3.8) is 0 Å². The van der Waals surface area contributed by atoms with Crippen LogP contribution in [-0.4, -0.2) is 43.6 Å². The quantitative estimate of drug-likeness (QED) is 0.683. The highest BCUT2D eigenvalue weighted by Crippen LogP contribution is 2.27. The minimum atomic E-state index is -4.43. The maximum Gasteiger partial charge on any atom is 0.405 e. The minimum absolute atomic E-state index is 0.503. The standard InChI is InChI=1S/C11H12F3N5OS/c1-6(9(20)15-4-11(12,13)14)21-10-7-3-18-19(2)8(7)16-5-17-10/h3,5-6H,4H2,1-2H3,(H,15,20). The number of amides is 1. The lowest BCUT2D eigenvalue weighted by atomic mass is 10.4.